The Morgan fingerprint density at radius 2 is 1.42 bits per heavy atom. The zero-order chi connectivity index (χ0) is 25.7. The van der Waals surface area contributed by atoms with E-state index in [-0.39, 0.29) is 0 Å². The molecule has 0 spiro atoms. The second-order valence-corrected chi connectivity index (χ2v) is 10.2. The fraction of sp³-hybridized carbons (Fsp3) is 0.333. The van der Waals surface area contributed by atoms with Crippen LogP contribution in [0.4, 0.5) is 0 Å². The van der Waals surface area contributed by atoms with E-state index in [9.17, 15) is 0 Å². The third kappa shape index (κ3) is 6.09. The molecule has 6 aromatic heterocycles. The minimum absolute atomic E-state index is 0.319. The molecule has 0 amide bonds. The molecule has 0 bridgehead atoms. The van der Waals surface area contributed by atoms with Gasteiger partial charge in [-0.2, -0.15) is 4.98 Å². The largest absolute Gasteiger partial charge is 0.439 e. The molecular formula is C27H31N7OS. The van der Waals surface area contributed by atoms with Gasteiger partial charge in [0.25, 0.3) is 0 Å². The quantitative estimate of drug-likeness (QED) is 0.272. The minimum atomic E-state index is 0.319. The van der Waals surface area contributed by atoms with Gasteiger partial charge in [-0.1, -0.05) is 52.9 Å². The maximum atomic E-state index is 5.46. The third-order valence-corrected chi connectivity index (χ3v) is 6.45. The van der Waals surface area contributed by atoms with E-state index in [2.05, 4.69) is 62.6 Å². The molecule has 0 saturated carbocycles. The first-order valence-electron chi connectivity index (χ1n) is 12.0. The van der Waals surface area contributed by atoms with Gasteiger partial charge < -0.3 is 9.40 Å². The molecule has 6 aromatic rings. The summed E-state index contributed by atoms with van der Waals surface area (Å²) in [7, 11) is 0. The standard InChI is InChI=1S/C9H11N3.C9H10N2O.C9H10N2S/c1-6(2)8-11-7-4-3-5-10-9(7)12-8;1-6(2)9-11-8-7(12-9)4-3-5-10-8;1-6(2)8-11-7-4-3-5-10-9(7)12-8/h3-6H,1-2H3,(H,10,11,12);2*3-6H,1-2H3. The summed E-state index contributed by atoms with van der Waals surface area (Å²) >= 11 is 1.68. The van der Waals surface area contributed by atoms with Crippen LogP contribution in [0.25, 0.3) is 32.7 Å². The monoisotopic (exact) mass is 501 g/mol. The lowest BCUT2D eigenvalue weighted by atomic mass is 10.2. The Balaban J connectivity index is 0.000000127. The molecule has 0 atom stereocenters. The second-order valence-electron chi connectivity index (χ2n) is 9.22. The molecule has 0 unspecified atom stereocenters. The van der Waals surface area contributed by atoms with E-state index in [1.54, 1.807) is 23.7 Å². The highest BCUT2D eigenvalue weighted by Gasteiger charge is 2.09. The number of hydrogen-bond donors (Lipinski definition) is 1. The van der Waals surface area contributed by atoms with Gasteiger partial charge in [0.1, 0.15) is 16.2 Å². The Hall–Kier alpha value is -3.72. The molecule has 0 fully saturated rings. The molecule has 8 nitrogen and oxygen atoms in total. The molecule has 0 saturated heterocycles. The molecule has 0 aliphatic rings. The molecule has 6 heterocycles. The zero-order valence-corrected chi connectivity index (χ0v) is 22.2. The number of oxazole rings is 1. The smallest absolute Gasteiger partial charge is 0.199 e. The van der Waals surface area contributed by atoms with E-state index < -0.39 is 0 Å². The molecule has 0 aliphatic heterocycles. The van der Waals surface area contributed by atoms with Crippen LogP contribution in [0.2, 0.25) is 0 Å². The van der Waals surface area contributed by atoms with E-state index >= 15 is 0 Å². The summed E-state index contributed by atoms with van der Waals surface area (Å²) in [6.45, 7) is 12.6. The highest BCUT2D eigenvalue weighted by Crippen LogP contribution is 2.25. The summed E-state index contributed by atoms with van der Waals surface area (Å²) in [6.07, 6.45) is 5.28. The number of H-pyrrole nitrogens is 1. The Kier molecular flexibility index (Phi) is 8.00. The number of nitrogens with zero attached hydrogens (tertiary/aromatic N) is 6. The van der Waals surface area contributed by atoms with Gasteiger partial charge in [-0.3, -0.25) is 0 Å². The number of pyridine rings is 3. The van der Waals surface area contributed by atoms with Gasteiger partial charge in [-0.15, -0.1) is 0 Å². The summed E-state index contributed by atoms with van der Waals surface area (Å²) in [5.74, 6) is 3.01. The number of aromatic nitrogens is 7. The van der Waals surface area contributed by atoms with Crippen LogP contribution in [0.5, 0.6) is 0 Å². The van der Waals surface area contributed by atoms with Crippen molar-refractivity contribution >= 4 is 44.1 Å². The summed E-state index contributed by atoms with van der Waals surface area (Å²) in [5.41, 5.74) is 4.30. The Labute approximate surface area is 214 Å². The Bertz CT molecular complexity index is 1260. The van der Waals surface area contributed by atoms with Crippen LogP contribution in [0.1, 0.15) is 76.0 Å². The second kappa shape index (κ2) is 11.3. The van der Waals surface area contributed by atoms with Crippen molar-refractivity contribution in [3.05, 3.63) is 71.7 Å². The van der Waals surface area contributed by atoms with Crippen molar-refractivity contribution in [2.75, 3.05) is 0 Å². The number of nitrogens with one attached hydrogen (secondary N) is 1. The van der Waals surface area contributed by atoms with E-state index in [0.717, 1.165) is 38.8 Å². The van der Waals surface area contributed by atoms with Crippen LogP contribution in [-0.4, -0.2) is 34.9 Å². The summed E-state index contributed by atoms with van der Waals surface area (Å²) in [6, 6.07) is 11.5. The molecule has 186 valence electrons. The average molecular weight is 502 g/mol. The molecule has 1 N–H and O–H groups in total. The summed E-state index contributed by atoms with van der Waals surface area (Å²) < 4.78 is 5.46. The predicted molar refractivity (Wildman–Crippen MR) is 145 cm³/mol. The van der Waals surface area contributed by atoms with Crippen molar-refractivity contribution in [1.82, 2.24) is 34.9 Å². The van der Waals surface area contributed by atoms with Gasteiger partial charge >= 0.3 is 0 Å². The van der Waals surface area contributed by atoms with Gasteiger partial charge in [0, 0.05) is 36.3 Å². The van der Waals surface area contributed by atoms with Gasteiger partial charge in [0.05, 0.1) is 10.5 Å². The maximum absolute atomic E-state index is 5.46. The van der Waals surface area contributed by atoms with Crippen LogP contribution >= 0.6 is 11.3 Å². The first kappa shape index (κ1) is 25.4. The lowest BCUT2D eigenvalue weighted by Gasteiger charge is -1.95. The predicted octanol–water partition coefficient (Wildman–Crippen LogP) is 7.24. The van der Waals surface area contributed by atoms with E-state index in [1.165, 1.54) is 5.01 Å². The van der Waals surface area contributed by atoms with Gasteiger partial charge in [-0.05, 0) is 36.4 Å². The number of aromatic amines is 1. The third-order valence-electron chi connectivity index (χ3n) is 5.17. The van der Waals surface area contributed by atoms with Gasteiger partial charge in [-0.25, -0.2) is 24.9 Å². The van der Waals surface area contributed by atoms with Crippen molar-refractivity contribution < 1.29 is 4.42 Å². The van der Waals surface area contributed by atoms with Crippen LogP contribution in [0.3, 0.4) is 0 Å². The number of thiazole rings is 1. The van der Waals surface area contributed by atoms with Crippen molar-refractivity contribution in [2.45, 2.75) is 59.3 Å². The summed E-state index contributed by atoms with van der Waals surface area (Å²) in [5, 5.41) is 1.17. The highest BCUT2D eigenvalue weighted by atomic mass is 32.1. The SMILES string of the molecule is CC(C)c1nc2cccnc2s1.CC(C)c1nc2ncccc2[nH]1.CC(C)c1nc2ncccc2o1. The zero-order valence-electron chi connectivity index (χ0n) is 21.4. The molecule has 0 aliphatic carbocycles. The number of fused-ring (bicyclic) bond motifs is 3. The van der Waals surface area contributed by atoms with Crippen molar-refractivity contribution in [1.29, 1.82) is 0 Å². The molecule has 6 rings (SSSR count). The normalized spacial score (nSPS) is 11.2. The van der Waals surface area contributed by atoms with Crippen LogP contribution < -0.4 is 0 Å². The number of hydrogen-bond acceptors (Lipinski definition) is 8. The van der Waals surface area contributed by atoms with Crippen LogP contribution in [0.15, 0.2) is 59.4 Å². The van der Waals surface area contributed by atoms with Crippen molar-refractivity contribution in [2.24, 2.45) is 0 Å². The van der Waals surface area contributed by atoms with Crippen LogP contribution in [-0.2, 0) is 0 Å². The molecule has 36 heavy (non-hydrogen) atoms. The fourth-order valence-electron chi connectivity index (χ4n) is 3.20. The van der Waals surface area contributed by atoms with Crippen molar-refractivity contribution in [3.63, 3.8) is 0 Å². The number of rotatable bonds is 3. The average Bonchev–Trinajstić information content (AvgIpc) is 3.61. The first-order chi connectivity index (χ1) is 17.3. The topological polar surface area (TPSA) is 106 Å². The first-order valence-corrected chi connectivity index (χ1v) is 12.9. The van der Waals surface area contributed by atoms with E-state index in [0.29, 0.717) is 23.4 Å². The number of imidazole rings is 1. The van der Waals surface area contributed by atoms with Crippen LogP contribution in [0, 0.1) is 0 Å². The fourth-order valence-corrected chi connectivity index (χ4v) is 4.11. The highest BCUT2D eigenvalue weighted by molar-refractivity contribution is 7.18. The molecule has 0 aromatic carbocycles. The maximum Gasteiger partial charge on any atom is 0.199 e. The Morgan fingerprint density at radius 1 is 0.722 bits per heavy atom. The van der Waals surface area contributed by atoms with Crippen molar-refractivity contribution in [3.8, 4) is 0 Å². The lowest BCUT2D eigenvalue weighted by Crippen LogP contribution is -1.88. The van der Waals surface area contributed by atoms with Gasteiger partial charge in [0.15, 0.2) is 22.8 Å². The lowest BCUT2D eigenvalue weighted by molar-refractivity contribution is 0.501. The molecule has 9 heteroatoms. The summed E-state index contributed by atoms with van der Waals surface area (Å²) in [4.78, 5) is 29.8. The van der Waals surface area contributed by atoms with E-state index in [1.807, 2.05) is 56.4 Å². The Morgan fingerprint density at radius 3 is 2.06 bits per heavy atom. The minimum Gasteiger partial charge on any atom is -0.439 e. The molecule has 0 radical (unpaired) electrons. The molecular weight excluding hydrogens is 470 g/mol. The van der Waals surface area contributed by atoms with Gasteiger partial charge in [0.2, 0.25) is 0 Å². The van der Waals surface area contributed by atoms with E-state index in [4.69, 9.17) is 4.42 Å².